The van der Waals surface area contributed by atoms with Crippen molar-refractivity contribution in [2.24, 2.45) is 0 Å². The summed E-state index contributed by atoms with van der Waals surface area (Å²) >= 11 is 5.75. The largest absolute Gasteiger partial charge is 0.416 e. The van der Waals surface area contributed by atoms with Crippen LogP contribution in [0.4, 0.5) is 18.9 Å². The second-order valence-electron chi connectivity index (χ2n) is 4.98. The molecule has 8 heteroatoms. The molecule has 0 saturated heterocycles. The van der Waals surface area contributed by atoms with E-state index in [1.807, 2.05) is 0 Å². The van der Waals surface area contributed by atoms with Crippen molar-refractivity contribution in [2.75, 3.05) is 11.1 Å². The summed E-state index contributed by atoms with van der Waals surface area (Å²) in [5.74, 6) is -0.580. The topological polar surface area (TPSA) is 46.2 Å². The molecule has 2 aromatic rings. The molecule has 2 rings (SSSR count). The average molecular weight is 376 g/mol. The van der Waals surface area contributed by atoms with Crippen molar-refractivity contribution in [2.45, 2.75) is 11.9 Å². The van der Waals surface area contributed by atoms with Gasteiger partial charge in [-0.3, -0.25) is 9.00 Å². The molecule has 0 bridgehead atoms. The molecule has 0 aliphatic carbocycles. The normalized spacial score (nSPS) is 12.7. The number of amides is 1. The summed E-state index contributed by atoms with van der Waals surface area (Å²) in [6.45, 7) is 0. The SMILES string of the molecule is O=C(CS(=O)Cc1ccc(Cl)cc1)Nc1ccc(C(F)(F)F)cc1. The zero-order chi connectivity index (χ0) is 17.7. The molecule has 128 valence electrons. The minimum absolute atomic E-state index is 0.192. The molecule has 0 heterocycles. The standard InChI is InChI=1S/C16H13ClF3NO2S/c17-13-5-1-11(2-6-13)9-24(23)10-15(22)21-14-7-3-12(4-8-14)16(18,19)20/h1-8H,9-10H2,(H,21,22). The van der Waals surface area contributed by atoms with Gasteiger partial charge in [-0.2, -0.15) is 13.2 Å². The van der Waals surface area contributed by atoms with Crippen LogP contribution in [0, 0.1) is 0 Å². The highest BCUT2D eigenvalue weighted by atomic mass is 35.5. The number of carbonyl (C=O) groups excluding carboxylic acids is 1. The quantitative estimate of drug-likeness (QED) is 0.849. The van der Waals surface area contributed by atoms with Crippen molar-refractivity contribution in [3.05, 3.63) is 64.7 Å². The van der Waals surface area contributed by atoms with Gasteiger partial charge < -0.3 is 5.32 Å². The molecule has 0 aliphatic heterocycles. The fourth-order valence-electron chi connectivity index (χ4n) is 1.90. The Morgan fingerprint density at radius 3 is 2.17 bits per heavy atom. The van der Waals surface area contributed by atoms with Crippen molar-refractivity contribution < 1.29 is 22.2 Å². The Balaban J connectivity index is 1.88. The van der Waals surface area contributed by atoms with E-state index < -0.39 is 28.4 Å². The highest BCUT2D eigenvalue weighted by Gasteiger charge is 2.29. The third-order valence-corrected chi connectivity index (χ3v) is 4.52. The van der Waals surface area contributed by atoms with Gasteiger partial charge in [-0.1, -0.05) is 23.7 Å². The highest BCUT2D eigenvalue weighted by molar-refractivity contribution is 7.84. The van der Waals surface area contributed by atoms with Gasteiger partial charge in [0, 0.05) is 27.3 Å². The van der Waals surface area contributed by atoms with Gasteiger partial charge in [0.2, 0.25) is 5.91 Å². The highest BCUT2D eigenvalue weighted by Crippen LogP contribution is 2.29. The first-order valence-corrected chi connectivity index (χ1v) is 8.67. The van der Waals surface area contributed by atoms with Crippen LogP contribution >= 0.6 is 11.6 Å². The summed E-state index contributed by atoms with van der Waals surface area (Å²) in [5.41, 5.74) is 0.198. The summed E-state index contributed by atoms with van der Waals surface area (Å²) in [6, 6.07) is 10.8. The molecule has 24 heavy (non-hydrogen) atoms. The molecular formula is C16H13ClF3NO2S. The number of anilines is 1. The zero-order valence-corrected chi connectivity index (χ0v) is 13.8. The Kier molecular flexibility index (Phi) is 6.01. The maximum absolute atomic E-state index is 12.5. The molecule has 3 nitrogen and oxygen atoms in total. The van der Waals surface area contributed by atoms with Crippen LogP contribution < -0.4 is 5.32 Å². The van der Waals surface area contributed by atoms with Gasteiger partial charge >= 0.3 is 6.18 Å². The molecule has 0 aliphatic rings. The Hall–Kier alpha value is -1.86. The van der Waals surface area contributed by atoms with Crippen molar-refractivity contribution in [1.29, 1.82) is 0 Å². The van der Waals surface area contributed by atoms with Gasteiger partial charge in [0.15, 0.2) is 0 Å². The van der Waals surface area contributed by atoms with Crippen molar-refractivity contribution in [3.63, 3.8) is 0 Å². The van der Waals surface area contributed by atoms with E-state index in [0.717, 1.165) is 29.8 Å². The first kappa shape index (κ1) is 18.5. The smallest absolute Gasteiger partial charge is 0.325 e. The lowest BCUT2D eigenvalue weighted by molar-refractivity contribution is -0.137. The fourth-order valence-corrected chi connectivity index (χ4v) is 3.06. The second kappa shape index (κ2) is 7.81. The van der Waals surface area contributed by atoms with Crippen LogP contribution in [0.25, 0.3) is 0 Å². The van der Waals surface area contributed by atoms with Gasteiger partial charge in [0.05, 0.1) is 5.56 Å². The zero-order valence-electron chi connectivity index (χ0n) is 12.3. The number of rotatable bonds is 5. The predicted molar refractivity (Wildman–Crippen MR) is 88.2 cm³/mol. The van der Waals surface area contributed by atoms with Gasteiger partial charge in [0.25, 0.3) is 0 Å². The number of alkyl halides is 3. The Bertz CT molecular complexity index is 730. The second-order valence-corrected chi connectivity index (χ2v) is 6.87. The maximum atomic E-state index is 12.5. The van der Waals surface area contributed by atoms with Crippen molar-refractivity contribution >= 4 is 34.0 Å². The van der Waals surface area contributed by atoms with Crippen LogP contribution in [0.15, 0.2) is 48.5 Å². The van der Waals surface area contributed by atoms with Crippen LogP contribution in [0.3, 0.4) is 0 Å². The van der Waals surface area contributed by atoms with E-state index in [0.29, 0.717) is 5.02 Å². The van der Waals surface area contributed by atoms with E-state index in [-0.39, 0.29) is 17.2 Å². The number of nitrogens with one attached hydrogen (secondary N) is 1. The molecule has 0 aromatic heterocycles. The number of carbonyl (C=O) groups is 1. The van der Waals surface area contributed by atoms with Crippen LogP contribution in [0.5, 0.6) is 0 Å². The van der Waals surface area contributed by atoms with Gasteiger partial charge in [0.1, 0.15) is 5.75 Å². The molecule has 0 saturated carbocycles. The Morgan fingerprint density at radius 2 is 1.62 bits per heavy atom. The minimum atomic E-state index is -4.43. The predicted octanol–water partition coefficient (Wildman–Crippen LogP) is 4.25. The van der Waals surface area contributed by atoms with E-state index in [2.05, 4.69) is 5.32 Å². The summed E-state index contributed by atoms with van der Waals surface area (Å²) in [7, 11) is -1.43. The fraction of sp³-hybridized carbons (Fsp3) is 0.188. The molecule has 0 fully saturated rings. The van der Waals surface area contributed by atoms with E-state index in [1.54, 1.807) is 24.3 Å². The Morgan fingerprint density at radius 1 is 1.04 bits per heavy atom. The first-order chi connectivity index (χ1) is 11.2. The molecule has 1 N–H and O–H groups in total. The average Bonchev–Trinajstić information content (AvgIpc) is 2.49. The van der Waals surface area contributed by atoms with Crippen LogP contribution in [0.2, 0.25) is 5.02 Å². The van der Waals surface area contributed by atoms with Crippen molar-refractivity contribution in [1.82, 2.24) is 0 Å². The van der Waals surface area contributed by atoms with Gasteiger partial charge in [-0.25, -0.2) is 0 Å². The summed E-state index contributed by atoms with van der Waals surface area (Å²) < 4.78 is 49.3. The Labute approximate surface area is 144 Å². The monoisotopic (exact) mass is 375 g/mol. The number of benzene rings is 2. The molecule has 1 atom stereocenters. The molecule has 0 radical (unpaired) electrons. The lowest BCUT2D eigenvalue weighted by atomic mass is 10.2. The summed E-state index contributed by atoms with van der Waals surface area (Å²) in [4.78, 5) is 11.8. The van der Waals surface area contributed by atoms with Gasteiger partial charge in [-0.15, -0.1) is 0 Å². The van der Waals surface area contributed by atoms with Crippen LogP contribution in [-0.4, -0.2) is 15.9 Å². The summed E-state index contributed by atoms with van der Waals surface area (Å²) in [6.07, 6.45) is -4.43. The third-order valence-electron chi connectivity index (χ3n) is 3.03. The lowest BCUT2D eigenvalue weighted by Crippen LogP contribution is -2.20. The molecular weight excluding hydrogens is 363 g/mol. The number of hydrogen-bond acceptors (Lipinski definition) is 2. The molecule has 2 aromatic carbocycles. The lowest BCUT2D eigenvalue weighted by Gasteiger charge is -2.09. The first-order valence-electron chi connectivity index (χ1n) is 6.80. The van der Waals surface area contributed by atoms with E-state index in [1.165, 1.54) is 0 Å². The van der Waals surface area contributed by atoms with E-state index in [4.69, 9.17) is 11.6 Å². The van der Waals surface area contributed by atoms with Crippen LogP contribution in [-0.2, 0) is 27.5 Å². The number of halogens is 4. The number of hydrogen-bond donors (Lipinski definition) is 1. The maximum Gasteiger partial charge on any atom is 0.416 e. The summed E-state index contributed by atoms with van der Waals surface area (Å²) in [5, 5.41) is 2.99. The van der Waals surface area contributed by atoms with E-state index in [9.17, 15) is 22.2 Å². The van der Waals surface area contributed by atoms with Gasteiger partial charge in [-0.05, 0) is 42.0 Å². The third kappa shape index (κ3) is 5.65. The molecule has 1 amide bonds. The van der Waals surface area contributed by atoms with Crippen LogP contribution in [0.1, 0.15) is 11.1 Å². The molecule has 1 unspecified atom stereocenters. The van der Waals surface area contributed by atoms with E-state index >= 15 is 0 Å². The van der Waals surface area contributed by atoms with Crippen molar-refractivity contribution in [3.8, 4) is 0 Å². The minimum Gasteiger partial charge on any atom is -0.325 e. The molecule has 0 spiro atoms.